The van der Waals surface area contributed by atoms with Gasteiger partial charge in [-0.3, -0.25) is 0 Å². The van der Waals surface area contributed by atoms with E-state index >= 15 is 0 Å². The minimum atomic E-state index is -0.316. The molecule has 1 aliphatic rings. The van der Waals surface area contributed by atoms with E-state index < -0.39 is 0 Å². The van der Waals surface area contributed by atoms with Gasteiger partial charge in [-0.1, -0.05) is 12.8 Å². The molecule has 0 aliphatic heterocycles. The van der Waals surface area contributed by atoms with Crippen molar-refractivity contribution in [2.75, 3.05) is 18.5 Å². The first kappa shape index (κ1) is 11.3. The van der Waals surface area contributed by atoms with Gasteiger partial charge in [-0.15, -0.1) is 0 Å². The molecule has 1 N–H and O–H groups in total. The number of anilines is 1. The third-order valence-electron chi connectivity index (χ3n) is 2.81. The van der Waals surface area contributed by atoms with Crippen molar-refractivity contribution >= 4 is 5.82 Å². The number of nitrogens with one attached hydrogen (secondary N) is 1. The van der Waals surface area contributed by atoms with E-state index in [1.54, 1.807) is 12.3 Å². The van der Waals surface area contributed by atoms with E-state index in [2.05, 4.69) is 10.3 Å². The Morgan fingerprint density at radius 1 is 1.44 bits per heavy atom. The first-order valence-electron chi connectivity index (χ1n) is 5.82. The zero-order valence-corrected chi connectivity index (χ0v) is 9.29. The number of rotatable bonds is 5. The Balaban J connectivity index is 1.66. The maximum Gasteiger partial charge on any atom is 0.165 e. The molecule has 88 valence electrons. The van der Waals surface area contributed by atoms with Crippen LogP contribution in [0, 0.1) is 5.82 Å². The molecule has 0 amide bonds. The van der Waals surface area contributed by atoms with E-state index in [-0.39, 0.29) is 5.82 Å². The van der Waals surface area contributed by atoms with Crippen LogP contribution in [0.4, 0.5) is 10.2 Å². The van der Waals surface area contributed by atoms with E-state index in [1.165, 1.54) is 18.9 Å². The van der Waals surface area contributed by atoms with Gasteiger partial charge < -0.3 is 10.1 Å². The van der Waals surface area contributed by atoms with Gasteiger partial charge in [-0.2, -0.15) is 0 Å². The second kappa shape index (κ2) is 5.80. The predicted octanol–water partition coefficient (Wildman–Crippen LogP) is 2.59. The second-order valence-electron chi connectivity index (χ2n) is 4.04. The lowest BCUT2D eigenvalue weighted by Crippen LogP contribution is -2.16. The number of halogens is 1. The highest BCUT2D eigenvalue weighted by Gasteiger charge is 2.14. The summed E-state index contributed by atoms with van der Waals surface area (Å²) in [6, 6.07) is 2.97. The van der Waals surface area contributed by atoms with Crippen molar-refractivity contribution in [3.05, 3.63) is 24.1 Å². The van der Waals surface area contributed by atoms with Crippen LogP contribution in [0.3, 0.4) is 0 Å². The molecule has 0 atom stereocenters. The van der Waals surface area contributed by atoms with Gasteiger partial charge in [0, 0.05) is 12.7 Å². The Kier molecular flexibility index (Phi) is 4.10. The molecule has 0 bridgehead atoms. The largest absolute Gasteiger partial charge is 0.376 e. The number of hydrogen-bond acceptors (Lipinski definition) is 3. The maximum absolute atomic E-state index is 13.2. The average Bonchev–Trinajstić information content (AvgIpc) is 2.79. The highest BCUT2D eigenvalue weighted by atomic mass is 19.1. The number of ether oxygens (including phenoxy) is 1. The summed E-state index contributed by atoms with van der Waals surface area (Å²) in [5.41, 5.74) is 0. The smallest absolute Gasteiger partial charge is 0.165 e. The molecular weight excluding hydrogens is 207 g/mol. The van der Waals surface area contributed by atoms with Gasteiger partial charge in [-0.25, -0.2) is 9.37 Å². The fourth-order valence-corrected chi connectivity index (χ4v) is 1.97. The molecule has 0 unspecified atom stereocenters. The molecule has 0 spiro atoms. The fraction of sp³-hybridized carbons (Fsp3) is 0.583. The molecule has 0 radical (unpaired) electrons. The summed E-state index contributed by atoms with van der Waals surface area (Å²) in [6.07, 6.45) is 6.86. The van der Waals surface area contributed by atoms with Crippen LogP contribution in [0.5, 0.6) is 0 Å². The highest BCUT2D eigenvalue weighted by Crippen LogP contribution is 2.20. The normalized spacial score (nSPS) is 16.6. The quantitative estimate of drug-likeness (QED) is 0.780. The van der Waals surface area contributed by atoms with Crippen LogP contribution < -0.4 is 5.32 Å². The van der Waals surface area contributed by atoms with Crippen molar-refractivity contribution in [2.24, 2.45) is 0 Å². The molecule has 1 saturated carbocycles. The lowest BCUT2D eigenvalue weighted by atomic mass is 10.3. The Hall–Kier alpha value is -1.16. The van der Waals surface area contributed by atoms with E-state index in [0.717, 1.165) is 12.8 Å². The van der Waals surface area contributed by atoms with Crippen molar-refractivity contribution in [1.29, 1.82) is 0 Å². The average molecular weight is 224 g/mol. The molecule has 16 heavy (non-hydrogen) atoms. The highest BCUT2D eigenvalue weighted by molar-refractivity contribution is 5.35. The Labute approximate surface area is 95.0 Å². The van der Waals surface area contributed by atoms with E-state index in [4.69, 9.17) is 4.74 Å². The van der Waals surface area contributed by atoms with E-state index in [1.807, 2.05) is 0 Å². The Bertz CT molecular complexity index is 327. The molecule has 0 saturated heterocycles. The summed E-state index contributed by atoms with van der Waals surface area (Å²) in [5, 5.41) is 2.93. The van der Waals surface area contributed by atoms with E-state index in [0.29, 0.717) is 25.1 Å². The summed E-state index contributed by atoms with van der Waals surface area (Å²) in [6.45, 7) is 1.21. The minimum absolute atomic E-state index is 0.303. The van der Waals surface area contributed by atoms with Crippen molar-refractivity contribution in [3.63, 3.8) is 0 Å². The van der Waals surface area contributed by atoms with Crippen LogP contribution in [-0.2, 0) is 4.74 Å². The molecular formula is C12H17FN2O. The Morgan fingerprint density at radius 2 is 2.25 bits per heavy atom. The van der Waals surface area contributed by atoms with Crippen molar-refractivity contribution in [3.8, 4) is 0 Å². The van der Waals surface area contributed by atoms with Crippen molar-refractivity contribution in [1.82, 2.24) is 4.98 Å². The molecule has 4 heteroatoms. The van der Waals surface area contributed by atoms with Crippen molar-refractivity contribution < 1.29 is 9.13 Å². The molecule has 1 aliphatic carbocycles. The number of hydrogen-bond donors (Lipinski definition) is 1. The fourth-order valence-electron chi connectivity index (χ4n) is 1.97. The third kappa shape index (κ3) is 3.17. The maximum atomic E-state index is 13.2. The van der Waals surface area contributed by atoms with Crippen LogP contribution >= 0.6 is 0 Å². The molecule has 1 fully saturated rings. The molecule has 1 aromatic heterocycles. The van der Waals surface area contributed by atoms with Gasteiger partial charge >= 0.3 is 0 Å². The van der Waals surface area contributed by atoms with Gasteiger partial charge in [0.25, 0.3) is 0 Å². The topological polar surface area (TPSA) is 34.2 Å². The zero-order chi connectivity index (χ0) is 11.2. The lowest BCUT2D eigenvalue weighted by molar-refractivity contribution is 0.0658. The van der Waals surface area contributed by atoms with Crippen LogP contribution in [0.1, 0.15) is 25.7 Å². The summed E-state index contributed by atoms with van der Waals surface area (Å²) < 4.78 is 18.8. The van der Waals surface area contributed by atoms with E-state index in [9.17, 15) is 4.39 Å². The summed E-state index contributed by atoms with van der Waals surface area (Å²) in [5.74, 6) is -0.0131. The van der Waals surface area contributed by atoms with Gasteiger partial charge in [0.05, 0.1) is 12.7 Å². The first-order chi connectivity index (χ1) is 7.86. The van der Waals surface area contributed by atoms with Crippen LogP contribution in [-0.4, -0.2) is 24.2 Å². The summed E-state index contributed by atoms with van der Waals surface area (Å²) in [4.78, 5) is 3.91. The van der Waals surface area contributed by atoms with Gasteiger partial charge in [0.2, 0.25) is 0 Å². The lowest BCUT2D eigenvalue weighted by Gasteiger charge is -2.11. The van der Waals surface area contributed by atoms with Crippen LogP contribution in [0.25, 0.3) is 0 Å². The monoisotopic (exact) mass is 224 g/mol. The molecule has 3 nitrogen and oxygen atoms in total. The summed E-state index contributed by atoms with van der Waals surface area (Å²) >= 11 is 0. The SMILES string of the molecule is Fc1cccnc1NCCOC1CCCC1. The van der Waals surface area contributed by atoms with Crippen LogP contribution in [0.2, 0.25) is 0 Å². The molecule has 1 heterocycles. The number of aromatic nitrogens is 1. The number of nitrogens with zero attached hydrogens (tertiary/aromatic N) is 1. The molecule has 0 aromatic carbocycles. The van der Waals surface area contributed by atoms with Gasteiger partial charge in [0.15, 0.2) is 11.6 Å². The van der Waals surface area contributed by atoms with Crippen LogP contribution in [0.15, 0.2) is 18.3 Å². The summed E-state index contributed by atoms with van der Waals surface area (Å²) in [7, 11) is 0. The number of pyridine rings is 1. The first-order valence-corrected chi connectivity index (χ1v) is 5.82. The molecule has 1 aromatic rings. The second-order valence-corrected chi connectivity index (χ2v) is 4.04. The minimum Gasteiger partial charge on any atom is -0.376 e. The Morgan fingerprint density at radius 3 is 3.00 bits per heavy atom. The third-order valence-corrected chi connectivity index (χ3v) is 2.81. The standard InChI is InChI=1S/C12H17FN2O/c13-11-6-3-7-14-12(11)15-8-9-16-10-4-1-2-5-10/h3,6-7,10H,1-2,4-5,8-9H2,(H,14,15). The van der Waals surface area contributed by atoms with Gasteiger partial charge in [0.1, 0.15) is 0 Å². The molecule has 2 rings (SSSR count). The zero-order valence-electron chi connectivity index (χ0n) is 9.29. The van der Waals surface area contributed by atoms with Crippen molar-refractivity contribution in [2.45, 2.75) is 31.8 Å². The van der Waals surface area contributed by atoms with Gasteiger partial charge in [-0.05, 0) is 25.0 Å². The predicted molar refractivity (Wildman–Crippen MR) is 60.9 cm³/mol.